The van der Waals surface area contributed by atoms with E-state index in [1.54, 1.807) is 4.90 Å². The highest BCUT2D eigenvalue weighted by Crippen LogP contribution is 2.25. The predicted molar refractivity (Wildman–Crippen MR) is 83.3 cm³/mol. The second-order valence-electron chi connectivity index (χ2n) is 5.51. The van der Waals surface area contributed by atoms with Crippen molar-refractivity contribution >= 4 is 23.4 Å². The van der Waals surface area contributed by atoms with Gasteiger partial charge in [-0.1, -0.05) is 17.7 Å². The topological polar surface area (TPSA) is 78.5 Å². The van der Waals surface area contributed by atoms with Crippen LogP contribution >= 0.6 is 0 Å². The first-order valence-electron chi connectivity index (χ1n) is 7.36. The Kier molecular flexibility index (Phi) is 5.14. The molecule has 1 heterocycles. The number of rotatable bonds is 5. The van der Waals surface area contributed by atoms with Gasteiger partial charge in [-0.05, 0) is 19.1 Å². The third-order valence-electron chi connectivity index (χ3n) is 3.64. The second kappa shape index (κ2) is 7.06. The zero-order chi connectivity index (χ0) is 16.1. The van der Waals surface area contributed by atoms with E-state index in [0.29, 0.717) is 19.6 Å². The van der Waals surface area contributed by atoms with E-state index in [1.165, 1.54) is 6.92 Å². The van der Waals surface area contributed by atoms with E-state index in [0.717, 1.165) is 11.3 Å². The molecule has 1 fully saturated rings. The number of nitrogens with one attached hydrogen (secondary N) is 2. The lowest BCUT2D eigenvalue weighted by molar-refractivity contribution is -0.126. The number of benzene rings is 1. The van der Waals surface area contributed by atoms with Crippen molar-refractivity contribution in [3.63, 3.8) is 0 Å². The first kappa shape index (κ1) is 16.0. The van der Waals surface area contributed by atoms with Gasteiger partial charge in [0.05, 0.1) is 5.92 Å². The molecule has 6 heteroatoms. The van der Waals surface area contributed by atoms with Crippen molar-refractivity contribution < 1.29 is 14.4 Å². The quantitative estimate of drug-likeness (QED) is 0.782. The average Bonchev–Trinajstić information content (AvgIpc) is 2.86. The van der Waals surface area contributed by atoms with Gasteiger partial charge in [-0.3, -0.25) is 14.4 Å². The van der Waals surface area contributed by atoms with Gasteiger partial charge in [-0.25, -0.2) is 0 Å². The van der Waals surface area contributed by atoms with Crippen molar-refractivity contribution in [2.24, 2.45) is 5.92 Å². The predicted octanol–water partition coefficient (Wildman–Crippen LogP) is 0.600. The number of hydrogen-bond acceptors (Lipinski definition) is 3. The Bertz CT molecular complexity index is 569. The van der Waals surface area contributed by atoms with E-state index in [2.05, 4.69) is 10.6 Å². The van der Waals surface area contributed by atoms with Crippen LogP contribution in [0.3, 0.4) is 0 Å². The standard InChI is InChI=1S/C16H21N3O3/c1-11-3-5-14(6-4-11)19-10-13(9-15(19)21)16(22)18-8-7-17-12(2)20/h3-6,13H,7-10H2,1-2H3,(H,17,20)(H,18,22)/t13-/m0/s1. The number of carbonyl (C=O) groups excluding carboxylic acids is 3. The number of amides is 3. The molecule has 0 aromatic heterocycles. The van der Waals surface area contributed by atoms with Crippen molar-refractivity contribution in [1.29, 1.82) is 0 Å². The first-order chi connectivity index (χ1) is 10.5. The Labute approximate surface area is 129 Å². The summed E-state index contributed by atoms with van der Waals surface area (Å²) in [6.07, 6.45) is 0.222. The summed E-state index contributed by atoms with van der Waals surface area (Å²) in [4.78, 5) is 36.5. The van der Waals surface area contributed by atoms with Crippen LogP contribution in [0.1, 0.15) is 18.9 Å². The summed E-state index contributed by atoms with van der Waals surface area (Å²) >= 11 is 0. The SMILES string of the molecule is CC(=O)NCCNC(=O)[C@H]1CC(=O)N(c2ccc(C)cc2)C1. The molecule has 0 unspecified atom stereocenters. The summed E-state index contributed by atoms with van der Waals surface area (Å²) in [5.74, 6) is -0.652. The van der Waals surface area contributed by atoms with Crippen LogP contribution in [0.4, 0.5) is 5.69 Å². The summed E-state index contributed by atoms with van der Waals surface area (Å²) in [5.41, 5.74) is 1.95. The number of carbonyl (C=O) groups is 3. The summed E-state index contributed by atoms with van der Waals surface area (Å²) in [7, 11) is 0. The summed E-state index contributed by atoms with van der Waals surface area (Å²) in [5, 5.41) is 5.36. The molecule has 118 valence electrons. The number of hydrogen-bond donors (Lipinski definition) is 2. The Morgan fingerprint density at radius 3 is 2.45 bits per heavy atom. The fourth-order valence-electron chi connectivity index (χ4n) is 2.43. The molecule has 1 aromatic rings. The molecule has 1 atom stereocenters. The smallest absolute Gasteiger partial charge is 0.227 e. The van der Waals surface area contributed by atoms with Crippen molar-refractivity contribution in [3.8, 4) is 0 Å². The van der Waals surface area contributed by atoms with Crippen LogP contribution in [0, 0.1) is 12.8 Å². The molecule has 1 aromatic carbocycles. The van der Waals surface area contributed by atoms with Gasteiger partial charge < -0.3 is 15.5 Å². The molecule has 22 heavy (non-hydrogen) atoms. The van der Waals surface area contributed by atoms with E-state index < -0.39 is 0 Å². The maximum atomic E-state index is 12.1. The number of aryl methyl sites for hydroxylation is 1. The molecule has 0 aliphatic carbocycles. The molecule has 6 nitrogen and oxygen atoms in total. The lowest BCUT2D eigenvalue weighted by atomic mass is 10.1. The Balaban J connectivity index is 1.87. The molecular weight excluding hydrogens is 282 g/mol. The second-order valence-corrected chi connectivity index (χ2v) is 5.51. The van der Waals surface area contributed by atoms with Gasteiger partial charge in [0.1, 0.15) is 0 Å². The van der Waals surface area contributed by atoms with Gasteiger partial charge in [-0.2, -0.15) is 0 Å². The Morgan fingerprint density at radius 1 is 1.18 bits per heavy atom. The third kappa shape index (κ3) is 4.07. The highest BCUT2D eigenvalue weighted by molar-refractivity contribution is 6.00. The fourth-order valence-corrected chi connectivity index (χ4v) is 2.43. The van der Waals surface area contributed by atoms with Gasteiger partial charge in [0.2, 0.25) is 17.7 Å². The average molecular weight is 303 g/mol. The summed E-state index contributed by atoms with van der Waals surface area (Å²) in [6, 6.07) is 7.68. The fraction of sp³-hybridized carbons (Fsp3) is 0.438. The molecule has 1 aliphatic heterocycles. The highest BCUT2D eigenvalue weighted by atomic mass is 16.2. The number of anilines is 1. The highest BCUT2D eigenvalue weighted by Gasteiger charge is 2.34. The number of nitrogens with zero attached hydrogens (tertiary/aromatic N) is 1. The molecule has 2 N–H and O–H groups in total. The van der Waals surface area contributed by atoms with Gasteiger partial charge in [0.25, 0.3) is 0 Å². The first-order valence-corrected chi connectivity index (χ1v) is 7.36. The van der Waals surface area contributed by atoms with Gasteiger partial charge in [-0.15, -0.1) is 0 Å². The molecule has 0 bridgehead atoms. The van der Waals surface area contributed by atoms with Crippen LogP contribution in [0.25, 0.3) is 0 Å². The zero-order valence-electron chi connectivity index (χ0n) is 12.9. The summed E-state index contributed by atoms with van der Waals surface area (Å²) < 4.78 is 0. The van der Waals surface area contributed by atoms with E-state index in [9.17, 15) is 14.4 Å². The molecule has 0 saturated carbocycles. The normalized spacial score (nSPS) is 17.5. The van der Waals surface area contributed by atoms with Crippen LogP contribution in [0.15, 0.2) is 24.3 Å². The molecule has 3 amide bonds. The van der Waals surface area contributed by atoms with Crippen LogP contribution in [-0.2, 0) is 14.4 Å². The van der Waals surface area contributed by atoms with E-state index in [4.69, 9.17) is 0 Å². The minimum Gasteiger partial charge on any atom is -0.355 e. The molecule has 1 aliphatic rings. The van der Waals surface area contributed by atoms with Crippen molar-refractivity contribution in [1.82, 2.24) is 10.6 Å². The van der Waals surface area contributed by atoms with Crippen LogP contribution in [0.2, 0.25) is 0 Å². The van der Waals surface area contributed by atoms with Crippen molar-refractivity contribution in [3.05, 3.63) is 29.8 Å². The van der Waals surface area contributed by atoms with Crippen LogP contribution < -0.4 is 15.5 Å². The Morgan fingerprint density at radius 2 is 1.82 bits per heavy atom. The lowest BCUT2D eigenvalue weighted by Crippen LogP contribution is -2.37. The molecule has 2 rings (SSSR count). The minimum atomic E-state index is -0.342. The molecule has 0 spiro atoms. The van der Waals surface area contributed by atoms with Crippen molar-refractivity contribution in [2.45, 2.75) is 20.3 Å². The monoisotopic (exact) mass is 303 g/mol. The van der Waals surface area contributed by atoms with Gasteiger partial charge >= 0.3 is 0 Å². The van der Waals surface area contributed by atoms with E-state index in [1.807, 2.05) is 31.2 Å². The Hall–Kier alpha value is -2.37. The molecule has 0 radical (unpaired) electrons. The maximum absolute atomic E-state index is 12.1. The van der Waals surface area contributed by atoms with Gasteiger partial charge in [0.15, 0.2) is 0 Å². The maximum Gasteiger partial charge on any atom is 0.227 e. The van der Waals surface area contributed by atoms with Crippen LogP contribution in [0.5, 0.6) is 0 Å². The van der Waals surface area contributed by atoms with E-state index >= 15 is 0 Å². The third-order valence-corrected chi connectivity index (χ3v) is 3.64. The minimum absolute atomic E-state index is 0.0362. The zero-order valence-corrected chi connectivity index (χ0v) is 12.9. The van der Waals surface area contributed by atoms with Crippen molar-refractivity contribution in [2.75, 3.05) is 24.5 Å². The van der Waals surface area contributed by atoms with Gasteiger partial charge in [0, 0.05) is 38.7 Å². The lowest BCUT2D eigenvalue weighted by Gasteiger charge is -2.17. The molecular formula is C16H21N3O3. The largest absolute Gasteiger partial charge is 0.355 e. The van der Waals surface area contributed by atoms with Crippen LogP contribution in [-0.4, -0.2) is 37.4 Å². The summed E-state index contributed by atoms with van der Waals surface area (Å²) in [6.45, 7) is 4.57. The van der Waals surface area contributed by atoms with E-state index in [-0.39, 0.29) is 30.1 Å². The molecule has 1 saturated heterocycles.